The van der Waals surface area contributed by atoms with Gasteiger partial charge in [-0.05, 0) is 70.8 Å². The predicted molar refractivity (Wildman–Crippen MR) is 119 cm³/mol. The summed E-state index contributed by atoms with van der Waals surface area (Å²) in [5.41, 5.74) is 2.59. The Morgan fingerprint density at radius 1 is 0.967 bits per heavy atom. The number of rotatable bonds is 4. The van der Waals surface area contributed by atoms with Crippen LogP contribution >= 0.6 is 0 Å². The molecule has 164 valence electrons. The summed E-state index contributed by atoms with van der Waals surface area (Å²) in [6, 6.07) is 0.884. The van der Waals surface area contributed by atoms with Gasteiger partial charge >= 0.3 is 0 Å². The number of carbonyl (C=O) groups is 1. The summed E-state index contributed by atoms with van der Waals surface area (Å²) >= 11 is 0. The molecular weight excluding hydrogens is 374 g/mol. The molecule has 4 heterocycles. The highest BCUT2D eigenvalue weighted by Crippen LogP contribution is 2.38. The zero-order valence-electron chi connectivity index (χ0n) is 18.8. The normalized spacial score (nSPS) is 26.0. The van der Waals surface area contributed by atoms with Crippen LogP contribution in [0.2, 0.25) is 0 Å². The number of likely N-dealkylation sites (tertiary alicyclic amines) is 2. The molecule has 1 atom stereocenters. The first-order valence-corrected chi connectivity index (χ1v) is 12.2. The highest BCUT2D eigenvalue weighted by atomic mass is 16.2. The number of aromatic nitrogens is 2. The van der Waals surface area contributed by atoms with Gasteiger partial charge in [0, 0.05) is 50.4 Å². The summed E-state index contributed by atoms with van der Waals surface area (Å²) in [5.74, 6) is 3.40. The summed E-state index contributed by atoms with van der Waals surface area (Å²) in [5, 5.41) is 0. The monoisotopic (exact) mass is 411 g/mol. The molecule has 0 N–H and O–H groups in total. The average Bonchev–Trinajstić information content (AvgIpc) is 3.58. The third-order valence-electron chi connectivity index (χ3n) is 7.76. The highest BCUT2D eigenvalue weighted by molar-refractivity contribution is 5.73. The van der Waals surface area contributed by atoms with Crippen LogP contribution in [0.5, 0.6) is 0 Å². The molecule has 1 aromatic heterocycles. The number of nitrogens with zero attached hydrogens (tertiary/aromatic N) is 5. The number of hydrogen-bond donors (Lipinski definition) is 0. The Labute approximate surface area is 181 Å². The summed E-state index contributed by atoms with van der Waals surface area (Å²) in [4.78, 5) is 29.3. The van der Waals surface area contributed by atoms with Crippen molar-refractivity contribution >= 4 is 11.7 Å². The molecule has 1 aromatic rings. The van der Waals surface area contributed by atoms with E-state index in [1.165, 1.54) is 55.7 Å². The van der Waals surface area contributed by atoms with E-state index in [1.807, 2.05) is 4.90 Å². The molecule has 5 rings (SSSR count). The number of anilines is 1. The van der Waals surface area contributed by atoms with Crippen molar-refractivity contribution in [1.82, 2.24) is 19.8 Å². The Bertz CT molecular complexity index is 784. The maximum Gasteiger partial charge on any atom is 0.219 e. The van der Waals surface area contributed by atoms with Crippen LogP contribution in [-0.2, 0) is 11.2 Å². The van der Waals surface area contributed by atoms with E-state index in [9.17, 15) is 4.79 Å². The molecule has 4 aliphatic rings. The average molecular weight is 412 g/mol. The van der Waals surface area contributed by atoms with Crippen molar-refractivity contribution in [3.05, 3.63) is 17.1 Å². The van der Waals surface area contributed by atoms with Crippen molar-refractivity contribution in [2.75, 3.05) is 37.6 Å². The van der Waals surface area contributed by atoms with Crippen LogP contribution in [0.1, 0.15) is 81.4 Å². The lowest BCUT2D eigenvalue weighted by Crippen LogP contribution is -2.49. The smallest absolute Gasteiger partial charge is 0.219 e. The Morgan fingerprint density at radius 2 is 1.77 bits per heavy atom. The fraction of sp³-hybridized carbons (Fsp3) is 0.792. The van der Waals surface area contributed by atoms with E-state index < -0.39 is 0 Å². The van der Waals surface area contributed by atoms with Crippen LogP contribution in [-0.4, -0.2) is 64.4 Å². The first-order valence-electron chi connectivity index (χ1n) is 12.2. The fourth-order valence-corrected chi connectivity index (χ4v) is 5.83. The quantitative estimate of drug-likeness (QED) is 0.759. The Morgan fingerprint density at radius 3 is 2.50 bits per heavy atom. The van der Waals surface area contributed by atoms with Gasteiger partial charge in [0.25, 0.3) is 0 Å². The third-order valence-corrected chi connectivity index (χ3v) is 7.76. The molecule has 1 aliphatic carbocycles. The number of aryl methyl sites for hydroxylation is 1. The second-order valence-electron chi connectivity index (χ2n) is 9.95. The number of fused-ring (bicyclic) bond motifs is 1. The lowest BCUT2D eigenvalue weighted by Gasteiger charge is -2.44. The van der Waals surface area contributed by atoms with Crippen LogP contribution in [0.3, 0.4) is 0 Å². The van der Waals surface area contributed by atoms with E-state index in [0.717, 1.165) is 63.6 Å². The number of amides is 1. The van der Waals surface area contributed by atoms with E-state index in [0.29, 0.717) is 12.1 Å². The molecule has 3 fully saturated rings. The molecular formula is C24H37N5O. The SMILES string of the molecule is CC(=O)N1CCC(N2CCCC[C@@H]2c2nc(C)c3c(n2)N(CC2CC2)CCC3)CC1. The highest BCUT2D eigenvalue weighted by Gasteiger charge is 2.36. The van der Waals surface area contributed by atoms with Crippen molar-refractivity contribution in [2.45, 2.75) is 83.7 Å². The largest absolute Gasteiger partial charge is 0.356 e. The zero-order valence-corrected chi connectivity index (χ0v) is 18.8. The van der Waals surface area contributed by atoms with E-state index in [4.69, 9.17) is 9.97 Å². The second-order valence-corrected chi connectivity index (χ2v) is 9.95. The second kappa shape index (κ2) is 8.45. The number of piperidine rings is 2. The van der Waals surface area contributed by atoms with Crippen LogP contribution in [0.15, 0.2) is 0 Å². The van der Waals surface area contributed by atoms with Gasteiger partial charge in [-0.3, -0.25) is 9.69 Å². The van der Waals surface area contributed by atoms with Gasteiger partial charge in [-0.15, -0.1) is 0 Å². The Kier molecular flexibility index (Phi) is 5.69. The molecule has 6 nitrogen and oxygen atoms in total. The van der Waals surface area contributed by atoms with Gasteiger partial charge in [-0.2, -0.15) is 0 Å². The maximum atomic E-state index is 11.7. The van der Waals surface area contributed by atoms with Crippen molar-refractivity contribution in [3.8, 4) is 0 Å². The minimum atomic E-state index is 0.216. The van der Waals surface area contributed by atoms with E-state index in [1.54, 1.807) is 6.92 Å². The number of carbonyl (C=O) groups excluding carboxylic acids is 1. The van der Waals surface area contributed by atoms with Crippen molar-refractivity contribution in [2.24, 2.45) is 5.92 Å². The molecule has 6 heteroatoms. The molecule has 2 saturated heterocycles. The van der Waals surface area contributed by atoms with Crippen molar-refractivity contribution < 1.29 is 4.79 Å². The molecule has 0 spiro atoms. The van der Waals surface area contributed by atoms with E-state index in [-0.39, 0.29) is 5.91 Å². The minimum Gasteiger partial charge on any atom is -0.356 e. The Hall–Kier alpha value is -1.69. The molecule has 3 aliphatic heterocycles. The first kappa shape index (κ1) is 20.2. The molecule has 0 aromatic carbocycles. The topological polar surface area (TPSA) is 52.6 Å². The Balaban J connectivity index is 1.39. The van der Waals surface area contributed by atoms with Gasteiger partial charge < -0.3 is 9.80 Å². The predicted octanol–water partition coefficient (Wildman–Crippen LogP) is 3.49. The van der Waals surface area contributed by atoms with Crippen LogP contribution < -0.4 is 4.90 Å². The summed E-state index contributed by atoms with van der Waals surface area (Å²) in [7, 11) is 0. The van der Waals surface area contributed by atoms with Crippen molar-refractivity contribution in [3.63, 3.8) is 0 Å². The zero-order chi connectivity index (χ0) is 20.7. The molecule has 0 bridgehead atoms. The lowest BCUT2D eigenvalue weighted by atomic mass is 9.94. The molecule has 0 radical (unpaired) electrons. The van der Waals surface area contributed by atoms with Gasteiger partial charge in [-0.25, -0.2) is 9.97 Å². The third kappa shape index (κ3) is 4.08. The van der Waals surface area contributed by atoms with Crippen LogP contribution in [0, 0.1) is 12.8 Å². The van der Waals surface area contributed by atoms with Gasteiger partial charge in [-0.1, -0.05) is 6.42 Å². The first-order chi connectivity index (χ1) is 14.6. The van der Waals surface area contributed by atoms with Crippen LogP contribution in [0.4, 0.5) is 5.82 Å². The van der Waals surface area contributed by atoms with E-state index >= 15 is 0 Å². The minimum absolute atomic E-state index is 0.216. The molecule has 1 amide bonds. The van der Waals surface area contributed by atoms with E-state index in [2.05, 4.69) is 16.7 Å². The molecule has 1 saturated carbocycles. The lowest BCUT2D eigenvalue weighted by molar-refractivity contribution is -0.130. The van der Waals surface area contributed by atoms with Gasteiger partial charge in [0.15, 0.2) is 0 Å². The van der Waals surface area contributed by atoms with Crippen molar-refractivity contribution in [1.29, 1.82) is 0 Å². The number of hydrogen-bond acceptors (Lipinski definition) is 5. The summed E-state index contributed by atoms with van der Waals surface area (Å²) in [6.07, 6.45) is 11.0. The van der Waals surface area contributed by atoms with Gasteiger partial charge in [0.1, 0.15) is 11.6 Å². The fourth-order valence-electron chi connectivity index (χ4n) is 5.83. The molecule has 30 heavy (non-hydrogen) atoms. The maximum absolute atomic E-state index is 11.7. The van der Waals surface area contributed by atoms with Crippen LogP contribution in [0.25, 0.3) is 0 Å². The van der Waals surface area contributed by atoms with Gasteiger partial charge in [0.05, 0.1) is 6.04 Å². The molecule has 0 unspecified atom stereocenters. The summed E-state index contributed by atoms with van der Waals surface area (Å²) in [6.45, 7) is 9.15. The van der Waals surface area contributed by atoms with Gasteiger partial charge in [0.2, 0.25) is 5.91 Å². The summed E-state index contributed by atoms with van der Waals surface area (Å²) < 4.78 is 0. The standard InChI is InChI=1S/C24H37N5O/c1-17-21-6-5-12-28(16-19-8-9-19)24(21)26-23(25-17)22-7-3-4-13-29(22)20-10-14-27(15-11-20)18(2)30/h19-20,22H,3-16H2,1-2H3/t22-/m1/s1.